The van der Waals surface area contributed by atoms with Gasteiger partial charge in [-0.1, -0.05) is 24.4 Å². The number of amides is 1. The first-order chi connectivity index (χ1) is 9.17. The molecule has 0 unspecified atom stereocenters. The van der Waals surface area contributed by atoms with Crippen molar-refractivity contribution in [2.45, 2.75) is 32.1 Å². The summed E-state index contributed by atoms with van der Waals surface area (Å²) in [5, 5.41) is 3.36. The number of nitrogens with two attached hydrogens (primary N) is 1. The molecule has 0 spiro atoms. The average Bonchev–Trinajstić information content (AvgIpc) is 2.40. The van der Waals surface area contributed by atoms with Gasteiger partial charge in [-0.25, -0.2) is 0 Å². The van der Waals surface area contributed by atoms with E-state index < -0.39 is 0 Å². The highest BCUT2D eigenvalue weighted by atomic mass is 35.5. The van der Waals surface area contributed by atoms with Gasteiger partial charge in [0.05, 0.1) is 12.1 Å². The molecule has 0 aliphatic rings. The first kappa shape index (κ1) is 15.8. The minimum absolute atomic E-state index is 0.0112. The van der Waals surface area contributed by atoms with Crippen LogP contribution in [0.15, 0.2) is 18.2 Å². The summed E-state index contributed by atoms with van der Waals surface area (Å²) >= 11 is 5.92. The summed E-state index contributed by atoms with van der Waals surface area (Å²) in [7, 11) is 1.55. The highest BCUT2D eigenvalue weighted by Gasteiger charge is 2.05. The number of halogens is 1. The lowest BCUT2D eigenvalue weighted by atomic mass is 10.1. The Bertz CT molecular complexity index is 410. The number of rotatable bonds is 8. The second-order valence-electron chi connectivity index (χ2n) is 4.35. The molecule has 5 heteroatoms. The largest absolute Gasteiger partial charge is 0.495 e. The molecule has 0 bridgehead atoms. The first-order valence-electron chi connectivity index (χ1n) is 6.51. The highest BCUT2D eigenvalue weighted by Crippen LogP contribution is 2.27. The second-order valence-corrected chi connectivity index (χ2v) is 4.76. The summed E-state index contributed by atoms with van der Waals surface area (Å²) in [4.78, 5) is 11.7. The number of unbranched alkanes of at least 4 members (excludes halogenated alkanes) is 3. The van der Waals surface area contributed by atoms with Crippen LogP contribution in [-0.4, -0.2) is 19.6 Å². The number of nitrogens with one attached hydrogen (secondary N) is 1. The van der Waals surface area contributed by atoms with Crippen LogP contribution in [0.5, 0.6) is 5.75 Å². The lowest BCUT2D eigenvalue weighted by Gasteiger charge is -2.08. The molecule has 4 nitrogen and oxygen atoms in total. The summed E-state index contributed by atoms with van der Waals surface area (Å²) in [5.74, 6) is 0.569. The van der Waals surface area contributed by atoms with Crippen molar-refractivity contribution < 1.29 is 9.53 Å². The smallest absolute Gasteiger partial charge is 0.224 e. The molecule has 0 fully saturated rings. The molecular formula is C14H21ClN2O2. The molecular weight excluding hydrogens is 264 g/mol. The Kier molecular flexibility index (Phi) is 7.30. The predicted octanol–water partition coefficient (Wildman–Crippen LogP) is 3.20. The molecule has 3 N–H and O–H groups in total. The van der Waals surface area contributed by atoms with E-state index in [0.717, 1.165) is 32.2 Å². The van der Waals surface area contributed by atoms with Gasteiger partial charge < -0.3 is 15.8 Å². The van der Waals surface area contributed by atoms with Crippen LogP contribution in [0.2, 0.25) is 5.02 Å². The molecule has 1 amide bonds. The Morgan fingerprint density at radius 2 is 2.05 bits per heavy atom. The molecule has 1 aromatic rings. The maximum Gasteiger partial charge on any atom is 0.224 e. The van der Waals surface area contributed by atoms with Crippen molar-refractivity contribution in [1.29, 1.82) is 0 Å². The Hall–Kier alpha value is -1.26. The monoisotopic (exact) mass is 284 g/mol. The second kappa shape index (κ2) is 8.77. The average molecular weight is 285 g/mol. The first-order valence-corrected chi connectivity index (χ1v) is 6.88. The highest BCUT2D eigenvalue weighted by molar-refractivity contribution is 6.32. The van der Waals surface area contributed by atoms with Gasteiger partial charge >= 0.3 is 0 Å². The van der Waals surface area contributed by atoms with Gasteiger partial charge in [0, 0.05) is 18.2 Å². The van der Waals surface area contributed by atoms with Crippen LogP contribution in [0.1, 0.15) is 32.1 Å². The molecule has 0 saturated carbocycles. The van der Waals surface area contributed by atoms with Crippen molar-refractivity contribution >= 4 is 23.2 Å². The minimum atomic E-state index is 0.0112. The van der Waals surface area contributed by atoms with Gasteiger partial charge in [-0.2, -0.15) is 0 Å². The molecule has 0 radical (unpaired) electrons. The number of anilines is 1. The fourth-order valence-electron chi connectivity index (χ4n) is 1.74. The molecule has 1 rings (SSSR count). The predicted molar refractivity (Wildman–Crippen MR) is 78.8 cm³/mol. The van der Waals surface area contributed by atoms with E-state index in [2.05, 4.69) is 5.32 Å². The van der Waals surface area contributed by atoms with Crippen molar-refractivity contribution in [2.75, 3.05) is 19.0 Å². The van der Waals surface area contributed by atoms with Gasteiger partial charge in [0.1, 0.15) is 5.75 Å². The van der Waals surface area contributed by atoms with Gasteiger partial charge in [-0.15, -0.1) is 0 Å². The third-order valence-electron chi connectivity index (χ3n) is 2.79. The van der Waals surface area contributed by atoms with Crippen LogP contribution in [0.3, 0.4) is 0 Å². The van der Waals surface area contributed by atoms with E-state index in [4.69, 9.17) is 22.1 Å². The van der Waals surface area contributed by atoms with Crippen LogP contribution in [0.25, 0.3) is 0 Å². The van der Waals surface area contributed by atoms with Gasteiger partial charge in [-0.3, -0.25) is 4.79 Å². The molecule has 0 aliphatic heterocycles. The van der Waals surface area contributed by atoms with Crippen LogP contribution >= 0.6 is 11.6 Å². The van der Waals surface area contributed by atoms with Crippen molar-refractivity contribution in [2.24, 2.45) is 5.73 Å². The maximum absolute atomic E-state index is 11.7. The number of hydrogen-bond acceptors (Lipinski definition) is 3. The Morgan fingerprint density at radius 3 is 2.74 bits per heavy atom. The summed E-state index contributed by atoms with van der Waals surface area (Å²) < 4.78 is 5.10. The fraction of sp³-hybridized carbons (Fsp3) is 0.500. The summed E-state index contributed by atoms with van der Waals surface area (Å²) in [5.41, 5.74) is 6.11. The quantitative estimate of drug-likeness (QED) is 0.721. The molecule has 0 heterocycles. The number of carbonyl (C=O) groups is 1. The fourth-order valence-corrected chi connectivity index (χ4v) is 1.94. The Morgan fingerprint density at radius 1 is 1.32 bits per heavy atom. The van der Waals surface area contributed by atoms with Crippen LogP contribution in [0, 0.1) is 0 Å². The number of carbonyl (C=O) groups excluding carboxylic acids is 1. The minimum Gasteiger partial charge on any atom is -0.495 e. The molecule has 106 valence electrons. The summed E-state index contributed by atoms with van der Waals surface area (Å²) in [6.07, 6.45) is 4.55. The SMILES string of the molecule is COc1cc(NC(=O)CCCCCCN)ccc1Cl. The van der Waals surface area contributed by atoms with E-state index in [1.165, 1.54) is 0 Å². The number of ether oxygens (including phenoxy) is 1. The summed E-state index contributed by atoms with van der Waals surface area (Å²) in [6.45, 7) is 0.719. The third-order valence-corrected chi connectivity index (χ3v) is 3.11. The van der Waals surface area contributed by atoms with E-state index >= 15 is 0 Å². The van der Waals surface area contributed by atoms with Gasteiger partial charge in [0.25, 0.3) is 0 Å². The van der Waals surface area contributed by atoms with Crippen molar-refractivity contribution in [1.82, 2.24) is 0 Å². The zero-order valence-corrected chi connectivity index (χ0v) is 12.0. The lowest BCUT2D eigenvalue weighted by Crippen LogP contribution is -2.11. The van der Waals surface area contributed by atoms with Gasteiger partial charge in [-0.05, 0) is 31.5 Å². The standard InChI is InChI=1S/C14H21ClN2O2/c1-19-13-10-11(7-8-12(13)15)17-14(18)6-4-2-3-5-9-16/h7-8,10H,2-6,9,16H2,1H3,(H,17,18). The van der Waals surface area contributed by atoms with Crippen LogP contribution < -0.4 is 15.8 Å². The summed E-state index contributed by atoms with van der Waals surface area (Å²) in [6, 6.07) is 5.18. The maximum atomic E-state index is 11.7. The van der Waals surface area contributed by atoms with E-state index in [0.29, 0.717) is 22.9 Å². The van der Waals surface area contributed by atoms with Gasteiger partial charge in [0.2, 0.25) is 5.91 Å². The van der Waals surface area contributed by atoms with Crippen molar-refractivity contribution in [3.8, 4) is 5.75 Å². The van der Waals surface area contributed by atoms with Crippen molar-refractivity contribution in [3.63, 3.8) is 0 Å². The van der Waals surface area contributed by atoms with Crippen LogP contribution in [0.4, 0.5) is 5.69 Å². The van der Waals surface area contributed by atoms with Crippen LogP contribution in [-0.2, 0) is 4.79 Å². The van der Waals surface area contributed by atoms with E-state index in [1.54, 1.807) is 25.3 Å². The topological polar surface area (TPSA) is 64.3 Å². The lowest BCUT2D eigenvalue weighted by molar-refractivity contribution is -0.116. The Labute approximate surface area is 119 Å². The number of hydrogen-bond donors (Lipinski definition) is 2. The number of benzene rings is 1. The zero-order chi connectivity index (χ0) is 14.1. The Balaban J connectivity index is 2.35. The molecule has 0 atom stereocenters. The number of methoxy groups -OCH3 is 1. The van der Waals surface area contributed by atoms with E-state index in [9.17, 15) is 4.79 Å². The van der Waals surface area contributed by atoms with E-state index in [1.807, 2.05) is 0 Å². The zero-order valence-electron chi connectivity index (χ0n) is 11.2. The molecule has 0 saturated heterocycles. The van der Waals surface area contributed by atoms with Crippen molar-refractivity contribution in [3.05, 3.63) is 23.2 Å². The van der Waals surface area contributed by atoms with Gasteiger partial charge in [0.15, 0.2) is 0 Å². The molecule has 1 aromatic carbocycles. The van der Waals surface area contributed by atoms with E-state index in [-0.39, 0.29) is 5.91 Å². The molecule has 19 heavy (non-hydrogen) atoms. The molecule has 0 aliphatic carbocycles. The molecule has 0 aromatic heterocycles. The third kappa shape index (κ3) is 5.94. The normalized spacial score (nSPS) is 10.3.